The van der Waals surface area contributed by atoms with E-state index < -0.39 is 0 Å². The van der Waals surface area contributed by atoms with Crippen LogP contribution in [-0.2, 0) is 4.79 Å². The molecule has 0 unspecified atom stereocenters. The molecule has 0 saturated carbocycles. The van der Waals surface area contributed by atoms with Gasteiger partial charge in [0.1, 0.15) is 0 Å². The molecule has 5 nitrogen and oxygen atoms in total. The quantitative estimate of drug-likeness (QED) is 0.893. The average molecular weight is 343 g/mol. The second kappa shape index (κ2) is 7.56. The van der Waals surface area contributed by atoms with E-state index in [4.69, 9.17) is 5.73 Å². The molecule has 2 heterocycles. The second-order valence-corrected chi connectivity index (χ2v) is 7.43. The first kappa shape index (κ1) is 17.9. The number of carbonyl (C=O) groups is 2. The molecule has 1 aromatic carbocycles. The number of benzene rings is 1. The SMILES string of the molecule is CCC[C@@H](N)C(=O)N1[C@H]2CC[C@H]1CC(N(C)C(=O)c1ccccc1)C2. The van der Waals surface area contributed by atoms with Crippen LogP contribution in [0.4, 0.5) is 0 Å². The zero-order valence-corrected chi connectivity index (χ0v) is 15.2. The molecule has 25 heavy (non-hydrogen) atoms. The summed E-state index contributed by atoms with van der Waals surface area (Å²) in [5.74, 6) is 0.164. The van der Waals surface area contributed by atoms with Gasteiger partial charge in [0, 0.05) is 30.7 Å². The molecule has 2 aliphatic rings. The largest absolute Gasteiger partial charge is 0.339 e. The van der Waals surface area contributed by atoms with E-state index in [1.165, 1.54) is 0 Å². The molecule has 0 aromatic heterocycles. The highest BCUT2D eigenvalue weighted by atomic mass is 16.2. The van der Waals surface area contributed by atoms with Crippen LogP contribution in [0.25, 0.3) is 0 Å². The van der Waals surface area contributed by atoms with Gasteiger partial charge in [-0.15, -0.1) is 0 Å². The molecule has 136 valence electrons. The van der Waals surface area contributed by atoms with Gasteiger partial charge >= 0.3 is 0 Å². The van der Waals surface area contributed by atoms with Crippen LogP contribution in [-0.4, -0.2) is 52.8 Å². The van der Waals surface area contributed by atoms with Gasteiger partial charge in [-0.3, -0.25) is 9.59 Å². The Balaban J connectivity index is 1.67. The highest BCUT2D eigenvalue weighted by Crippen LogP contribution is 2.38. The van der Waals surface area contributed by atoms with Gasteiger partial charge in [0.05, 0.1) is 6.04 Å². The summed E-state index contributed by atoms with van der Waals surface area (Å²) in [5, 5.41) is 0. The molecule has 3 atom stereocenters. The molecule has 2 aliphatic heterocycles. The van der Waals surface area contributed by atoms with Gasteiger partial charge < -0.3 is 15.5 Å². The molecule has 5 heteroatoms. The fourth-order valence-electron chi connectivity index (χ4n) is 4.40. The van der Waals surface area contributed by atoms with Gasteiger partial charge in [-0.1, -0.05) is 31.5 Å². The van der Waals surface area contributed by atoms with Crippen LogP contribution in [0, 0.1) is 0 Å². The van der Waals surface area contributed by atoms with E-state index in [1.807, 2.05) is 47.2 Å². The minimum Gasteiger partial charge on any atom is -0.339 e. The maximum atomic E-state index is 12.7. The zero-order valence-electron chi connectivity index (χ0n) is 15.2. The monoisotopic (exact) mass is 343 g/mol. The van der Waals surface area contributed by atoms with Crippen molar-refractivity contribution >= 4 is 11.8 Å². The summed E-state index contributed by atoms with van der Waals surface area (Å²) < 4.78 is 0. The van der Waals surface area contributed by atoms with Crippen LogP contribution in [0.5, 0.6) is 0 Å². The molecule has 0 aliphatic carbocycles. The number of carbonyl (C=O) groups excluding carboxylic acids is 2. The van der Waals surface area contributed by atoms with E-state index in [9.17, 15) is 9.59 Å². The molecule has 0 spiro atoms. The van der Waals surface area contributed by atoms with Crippen molar-refractivity contribution in [2.24, 2.45) is 5.73 Å². The Kier molecular flexibility index (Phi) is 5.42. The Morgan fingerprint density at radius 2 is 1.80 bits per heavy atom. The van der Waals surface area contributed by atoms with Crippen molar-refractivity contribution in [2.45, 2.75) is 69.6 Å². The smallest absolute Gasteiger partial charge is 0.253 e. The van der Waals surface area contributed by atoms with Crippen LogP contribution >= 0.6 is 0 Å². The molecule has 2 amide bonds. The number of nitrogens with zero attached hydrogens (tertiary/aromatic N) is 2. The molecular formula is C20H29N3O2. The van der Waals surface area contributed by atoms with Crippen LogP contribution in [0.15, 0.2) is 30.3 Å². The Morgan fingerprint density at radius 3 is 2.36 bits per heavy atom. The highest BCUT2D eigenvalue weighted by molar-refractivity contribution is 5.94. The van der Waals surface area contributed by atoms with E-state index in [0.29, 0.717) is 0 Å². The number of hydrogen-bond acceptors (Lipinski definition) is 3. The summed E-state index contributed by atoms with van der Waals surface area (Å²) in [7, 11) is 1.89. The molecule has 3 rings (SSSR count). The van der Waals surface area contributed by atoms with E-state index in [0.717, 1.165) is 44.1 Å². The Morgan fingerprint density at radius 1 is 1.20 bits per heavy atom. The van der Waals surface area contributed by atoms with Crippen LogP contribution in [0.3, 0.4) is 0 Å². The van der Waals surface area contributed by atoms with Gasteiger partial charge in [-0.2, -0.15) is 0 Å². The van der Waals surface area contributed by atoms with Gasteiger partial charge in [0.2, 0.25) is 5.91 Å². The van der Waals surface area contributed by atoms with Crippen LogP contribution in [0.1, 0.15) is 55.8 Å². The lowest BCUT2D eigenvalue weighted by Gasteiger charge is -2.43. The zero-order chi connectivity index (χ0) is 18.0. The van der Waals surface area contributed by atoms with E-state index >= 15 is 0 Å². The molecule has 2 bridgehead atoms. The van der Waals surface area contributed by atoms with Gasteiger partial charge in [0.25, 0.3) is 5.91 Å². The third-order valence-corrected chi connectivity index (χ3v) is 5.77. The number of hydrogen-bond donors (Lipinski definition) is 1. The standard InChI is InChI=1S/C20H29N3O2/c1-3-7-18(21)20(25)23-15-10-11-16(23)13-17(12-15)22(2)19(24)14-8-5-4-6-9-14/h4-6,8-9,15-18H,3,7,10-13,21H2,1-2H3/t15-,16-,18+/m0/s1. The first-order valence-electron chi connectivity index (χ1n) is 9.42. The lowest BCUT2D eigenvalue weighted by molar-refractivity contribution is -0.138. The molecule has 2 saturated heterocycles. The Labute approximate surface area is 150 Å². The van der Waals surface area contributed by atoms with Gasteiger partial charge in [-0.25, -0.2) is 0 Å². The topological polar surface area (TPSA) is 66.6 Å². The van der Waals surface area contributed by atoms with Gasteiger partial charge in [-0.05, 0) is 44.2 Å². The molecule has 0 radical (unpaired) electrons. The minimum absolute atomic E-state index is 0.0625. The summed E-state index contributed by atoms with van der Waals surface area (Å²) in [4.78, 5) is 29.3. The lowest BCUT2D eigenvalue weighted by Crippen LogP contribution is -2.56. The van der Waals surface area contributed by atoms with Crippen LogP contribution in [0.2, 0.25) is 0 Å². The lowest BCUT2D eigenvalue weighted by atomic mass is 9.94. The first-order valence-corrected chi connectivity index (χ1v) is 9.42. The van der Waals surface area contributed by atoms with Crippen molar-refractivity contribution in [1.82, 2.24) is 9.80 Å². The Bertz CT molecular complexity index is 605. The summed E-state index contributed by atoms with van der Waals surface area (Å²) in [6.45, 7) is 2.05. The van der Waals surface area contributed by atoms with Crippen molar-refractivity contribution in [3.8, 4) is 0 Å². The average Bonchev–Trinajstić information content (AvgIpc) is 2.90. The number of rotatable bonds is 5. The molecule has 2 fully saturated rings. The third-order valence-electron chi connectivity index (χ3n) is 5.77. The Hall–Kier alpha value is -1.88. The predicted octanol–water partition coefficient (Wildman–Crippen LogP) is 2.41. The van der Waals surface area contributed by atoms with Crippen molar-refractivity contribution in [2.75, 3.05) is 7.05 Å². The number of amides is 2. The maximum absolute atomic E-state index is 12.7. The first-order chi connectivity index (χ1) is 12.0. The van der Waals surface area contributed by atoms with Crippen molar-refractivity contribution in [3.05, 3.63) is 35.9 Å². The van der Waals surface area contributed by atoms with Crippen molar-refractivity contribution in [1.29, 1.82) is 0 Å². The fraction of sp³-hybridized carbons (Fsp3) is 0.600. The van der Waals surface area contributed by atoms with Gasteiger partial charge in [0.15, 0.2) is 0 Å². The normalized spacial score (nSPS) is 26.4. The third kappa shape index (κ3) is 3.56. The molecular weight excluding hydrogens is 314 g/mol. The van der Waals surface area contributed by atoms with Crippen molar-refractivity contribution in [3.63, 3.8) is 0 Å². The minimum atomic E-state index is -0.381. The summed E-state index contributed by atoms with van der Waals surface area (Å²) >= 11 is 0. The molecule has 2 N–H and O–H groups in total. The maximum Gasteiger partial charge on any atom is 0.253 e. The number of fused-ring (bicyclic) bond motifs is 2. The summed E-state index contributed by atoms with van der Waals surface area (Å²) in [6.07, 6.45) is 5.43. The number of nitrogens with two attached hydrogens (primary N) is 1. The predicted molar refractivity (Wildman–Crippen MR) is 98.1 cm³/mol. The summed E-state index contributed by atoms with van der Waals surface area (Å²) in [6, 6.07) is 9.68. The van der Waals surface area contributed by atoms with E-state index in [-0.39, 0.29) is 36.0 Å². The highest BCUT2D eigenvalue weighted by Gasteiger charge is 2.45. The fourth-order valence-corrected chi connectivity index (χ4v) is 4.40. The second-order valence-electron chi connectivity index (χ2n) is 7.43. The van der Waals surface area contributed by atoms with Crippen LogP contribution < -0.4 is 5.73 Å². The molecule has 1 aromatic rings. The van der Waals surface area contributed by atoms with Crippen molar-refractivity contribution < 1.29 is 9.59 Å². The van der Waals surface area contributed by atoms with E-state index in [1.54, 1.807) is 0 Å². The van der Waals surface area contributed by atoms with E-state index in [2.05, 4.69) is 6.92 Å². The summed E-state index contributed by atoms with van der Waals surface area (Å²) in [5.41, 5.74) is 6.80. The number of piperidine rings is 1.